The first-order valence-electron chi connectivity index (χ1n) is 8.48. The van der Waals surface area contributed by atoms with Crippen molar-refractivity contribution in [3.63, 3.8) is 0 Å². The van der Waals surface area contributed by atoms with Crippen molar-refractivity contribution < 1.29 is 27.8 Å². The van der Waals surface area contributed by atoms with E-state index in [9.17, 15) is 23.1 Å². The zero-order valence-electron chi connectivity index (χ0n) is 14.5. The standard InChI is InChI=1S/C19H19F3N2O3/c1-11(17-7-6-14(9-23-17)27-10-19(20,21)22)24-18(26)16-8-15(16)12-2-4-13(25)5-3-12/h2-7,9,11,15-16,25H,8,10H2,1H3,(H,24,26)/t11-,15-,16+/m1/s1. The van der Waals surface area contributed by atoms with Crippen LogP contribution in [0.25, 0.3) is 0 Å². The van der Waals surface area contributed by atoms with E-state index in [2.05, 4.69) is 15.0 Å². The molecule has 1 aliphatic rings. The number of carbonyl (C=O) groups is 1. The topological polar surface area (TPSA) is 71.5 Å². The molecular formula is C19H19F3N2O3. The van der Waals surface area contributed by atoms with Crippen LogP contribution in [0, 0.1) is 5.92 Å². The summed E-state index contributed by atoms with van der Waals surface area (Å²) in [7, 11) is 0. The summed E-state index contributed by atoms with van der Waals surface area (Å²) in [6, 6.07) is 9.34. The summed E-state index contributed by atoms with van der Waals surface area (Å²) < 4.78 is 41.0. The molecular weight excluding hydrogens is 361 g/mol. The van der Waals surface area contributed by atoms with Crippen LogP contribution < -0.4 is 10.1 Å². The Hall–Kier alpha value is -2.77. The van der Waals surface area contributed by atoms with E-state index in [4.69, 9.17) is 0 Å². The molecule has 1 aromatic heterocycles. The first-order chi connectivity index (χ1) is 12.7. The van der Waals surface area contributed by atoms with E-state index in [0.717, 1.165) is 12.0 Å². The second kappa shape index (κ2) is 7.46. The molecule has 5 nitrogen and oxygen atoms in total. The maximum Gasteiger partial charge on any atom is 0.422 e. The van der Waals surface area contributed by atoms with Crippen molar-refractivity contribution in [1.29, 1.82) is 0 Å². The van der Waals surface area contributed by atoms with Crippen molar-refractivity contribution in [2.24, 2.45) is 5.92 Å². The number of nitrogens with zero attached hydrogens (tertiary/aromatic N) is 1. The Morgan fingerprint density at radius 3 is 2.59 bits per heavy atom. The van der Waals surface area contributed by atoms with Crippen LogP contribution >= 0.6 is 0 Å². The predicted octanol–water partition coefficient (Wildman–Crippen LogP) is 3.71. The maximum atomic E-state index is 12.4. The quantitative estimate of drug-likeness (QED) is 0.802. The van der Waals surface area contributed by atoms with Crippen LogP contribution in [0.2, 0.25) is 0 Å². The van der Waals surface area contributed by atoms with Gasteiger partial charge in [-0.15, -0.1) is 0 Å². The molecule has 1 saturated carbocycles. The monoisotopic (exact) mass is 380 g/mol. The molecule has 2 N–H and O–H groups in total. The van der Waals surface area contributed by atoms with Crippen LogP contribution in [0.3, 0.4) is 0 Å². The highest BCUT2D eigenvalue weighted by Crippen LogP contribution is 2.48. The molecule has 1 aliphatic carbocycles. The van der Waals surface area contributed by atoms with Gasteiger partial charge in [0.2, 0.25) is 5.91 Å². The van der Waals surface area contributed by atoms with Crippen LogP contribution in [-0.4, -0.2) is 28.8 Å². The number of halogens is 3. The zero-order valence-corrected chi connectivity index (χ0v) is 14.5. The average molecular weight is 380 g/mol. The highest BCUT2D eigenvalue weighted by molar-refractivity contribution is 5.83. The molecule has 3 atom stereocenters. The third kappa shape index (κ3) is 5.12. The van der Waals surface area contributed by atoms with Crippen molar-refractivity contribution in [3.8, 4) is 11.5 Å². The second-order valence-electron chi connectivity index (χ2n) is 6.59. The molecule has 1 amide bonds. The number of benzene rings is 1. The van der Waals surface area contributed by atoms with Gasteiger partial charge in [0.05, 0.1) is 17.9 Å². The maximum absolute atomic E-state index is 12.4. The van der Waals surface area contributed by atoms with Gasteiger partial charge in [-0.05, 0) is 49.1 Å². The Balaban J connectivity index is 1.52. The Kier molecular flexibility index (Phi) is 5.25. The largest absolute Gasteiger partial charge is 0.508 e. The highest BCUT2D eigenvalue weighted by atomic mass is 19.4. The normalized spacial score (nSPS) is 20.0. The smallest absolute Gasteiger partial charge is 0.422 e. The third-order valence-electron chi connectivity index (χ3n) is 4.41. The number of alkyl halides is 3. The number of phenolic OH excluding ortho intramolecular Hbond substituents is 1. The van der Waals surface area contributed by atoms with Crippen molar-refractivity contribution in [1.82, 2.24) is 10.3 Å². The average Bonchev–Trinajstić information content (AvgIpc) is 3.41. The van der Waals surface area contributed by atoms with Gasteiger partial charge in [0.25, 0.3) is 0 Å². The first kappa shape index (κ1) is 19.0. The van der Waals surface area contributed by atoms with Gasteiger partial charge in [-0.3, -0.25) is 9.78 Å². The number of hydrogen-bond acceptors (Lipinski definition) is 4. The van der Waals surface area contributed by atoms with E-state index in [1.54, 1.807) is 31.2 Å². The molecule has 2 aromatic rings. The van der Waals surface area contributed by atoms with Gasteiger partial charge in [-0.2, -0.15) is 13.2 Å². The zero-order chi connectivity index (χ0) is 19.6. The number of carbonyl (C=O) groups excluding carboxylic acids is 1. The van der Waals surface area contributed by atoms with Crippen LogP contribution in [-0.2, 0) is 4.79 Å². The molecule has 1 heterocycles. The number of phenols is 1. The number of aromatic nitrogens is 1. The number of rotatable bonds is 6. The minimum absolute atomic E-state index is 0.0178. The van der Waals surface area contributed by atoms with Gasteiger partial charge >= 0.3 is 6.18 Å². The van der Waals surface area contributed by atoms with Gasteiger partial charge < -0.3 is 15.2 Å². The van der Waals surface area contributed by atoms with Crippen LogP contribution in [0.15, 0.2) is 42.6 Å². The summed E-state index contributed by atoms with van der Waals surface area (Å²) in [4.78, 5) is 16.4. The Bertz CT molecular complexity index is 791. The molecule has 0 radical (unpaired) electrons. The summed E-state index contributed by atoms with van der Waals surface area (Å²) in [5.41, 5.74) is 1.54. The minimum atomic E-state index is -4.40. The third-order valence-corrected chi connectivity index (χ3v) is 4.41. The molecule has 27 heavy (non-hydrogen) atoms. The lowest BCUT2D eigenvalue weighted by atomic mass is 10.1. The van der Waals surface area contributed by atoms with Gasteiger partial charge in [-0.25, -0.2) is 0 Å². The first-order valence-corrected chi connectivity index (χ1v) is 8.48. The molecule has 0 aliphatic heterocycles. The van der Waals surface area contributed by atoms with Crippen LogP contribution in [0.1, 0.15) is 36.6 Å². The predicted molar refractivity (Wildman–Crippen MR) is 91.3 cm³/mol. The van der Waals surface area contributed by atoms with E-state index in [-0.39, 0.29) is 35.3 Å². The number of hydrogen-bond donors (Lipinski definition) is 2. The van der Waals surface area contributed by atoms with Gasteiger partial charge in [0.15, 0.2) is 6.61 Å². The lowest BCUT2D eigenvalue weighted by Crippen LogP contribution is -2.29. The number of ether oxygens (including phenoxy) is 1. The molecule has 8 heteroatoms. The Morgan fingerprint density at radius 2 is 2.00 bits per heavy atom. The number of amides is 1. The fraction of sp³-hybridized carbons (Fsp3) is 0.368. The SMILES string of the molecule is C[C@@H](NC(=O)[C@H]1C[C@@H]1c1ccc(O)cc1)c1ccc(OCC(F)(F)F)cn1. The number of aromatic hydroxyl groups is 1. The molecule has 0 unspecified atom stereocenters. The molecule has 0 bridgehead atoms. The van der Waals surface area contributed by atoms with Crippen molar-refractivity contribution in [2.45, 2.75) is 31.5 Å². The molecule has 0 spiro atoms. The van der Waals surface area contributed by atoms with E-state index in [0.29, 0.717) is 5.69 Å². The second-order valence-corrected chi connectivity index (χ2v) is 6.59. The van der Waals surface area contributed by atoms with E-state index in [1.807, 2.05) is 0 Å². The lowest BCUT2D eigenvalue weighted by Gasteiger charge is -2.14. The Labute approximate surface area is 154 Å². The molecule has 1 fully saturated rings. The van der Waals surface area contributed by atoms with Gasteiger partial charge in [-0.1, -0.05) is 12.1 Å². The fourth-order valence-corrected chi connectivity index (χ4v) is 2.87. The Morgan fingerprint density at radius 1 is 1.30 bits per heavy atom. The summed E-state index contributed by atoms with van der Waals surface area (Å²) in [5.74, 6) is 0.0991. The van der Waals surface area contributed by atoms with Crippen LogP contribution in [0.4, 0.5) is 13.2 Å². The van der Waals surface area contributed by atoms with Gasteiger partial charge in [0.1, 0.15) is 11.5 Å². The summed E-state index contributed by atoms with van der Waals surface area (Å²) in [6.07, 6.45) is -2.46. The lowest BCUT2D eigenvalue weighted by molar-refractivity contribution is -0.153. The molecule has 144 valence electrons. The minimum Gasteiger partial charge on any atom is -0.508 e. The highest BCUT2D eigenvalue weighted by Gasteiger charge is 2.44. The van der Waals surface area contributed by atoms with Crippen LogP contribution in [0.5, 0.6) is 11.5 Å². The van der Waals surface area contributed by atoms with Gasteiger partial charge in [0, 0.05) is 5.92 Å². The fourth-order valence-electron chi connectivity index (χ4n) is 2.87. The summed E-state index contributed by atoms with van der Waals surface area (Å²) in [5, 5.41) is 12.2. The van der Waals surface area contributed by atoms with E-state index < -0.39 is 12.8 Å². The van der Waals surface area contributed by atoms with E-state index in [1.165, 1.54) is 18.3 Å². The molecule has 0 saturated heterocycles. The summed E-state index contributed by atoms with van der Waals surface area (Å²) in [6.45, 7) is 0.384. The van der Waals surface area contributed by atoms with Crippen molar-refractivity contribution in [2.75, 3.05) is 6.61 Å². The molecule has 1 aromatic carbocycles. The van der Waals surface area contributed by atoms with Crippen molar-refractivity contribution in [3.05, 3.63) is 53.9 Å². The molecule has 3 rings (SSSR count). The number of nitrogens with one attached hydrogen (secondary N) is 1. The van der Waals surface area contributed by atoms with E-state index >= 15 is 0 Å². The summed E-state index contributed by atoms with van der Waals surface area (Å²) >= 11 is 0. The number of pyridine rings is 1. The van der Waals surface area contributed by atoms with Crippen molar-refractivity contribution >= 4 is 5.91 Å².